The molecule has 1 aromatic heterocycles. The zero-order valence-electron chi connectivity index (χ0n) is 14.1. The first-order valence-corrected chi connectivity index (χ1v) is 8.38. The van der Waals surface area contributed by atoms with Gasteiger partial charge in [0.05, 0.1) is 6.61 Å². The van der Waals surface area contributed by atoms with Gasteiger partial charge in [0.1, 0.15) is 6.04 Å². The number of carbonyl (C=O) groups is 2. The van der Waals surface area contributed by atoms with Crippen molar-refractivity contribution in [1.82, 2.24) is 20.2 Å². The average molecular weight is 333 g/mol. The lowest BCUT2D eigenvalue weighted by molar-refractivity contribution is -0.134. The normalized spacial score (nSPS) is 20.9. The number of aryl methyl sites for hydroxylation is 1. The van der Waals surface area contributed by atoms with Crippen LogP contribution in [0.15, 0.2) is 6.07 Å². The number of rotatable bonds is 4. The predicted molar refractivity (Wildman–Crippen MR) is 87.9 cm³/mol. The summed E-state index contributed by atoms with van der Waals surface area (Å²) in [6.07, 6.45) is 1.03. The summed E-state index contributed by atoms with van der Waals surface area (Å²) < 4.78 is 5.47. The third kappa shape index (κ3) is 3.58. The highest BCUT2D eigenvalue weighted by Crippen LogP contribution is 2.18. The molecule has 2 aliphatic rings. The third-order valence-electron chi connectivity index (χ3n) is 4.28. The van der Waals surface area contributed by atoms with E-state index in [0.29, 0.717) is 57.5 Å². The Labute approximate surface area is 141 Å². The molecule has 8 nitrogen and oxygen atoms in total. The molecule has 2 aliphatic heterocycles. The fourth-order valence-electron chi connectivity index (χ4n) is 3.03. The van der Waals surface area contributed by atoms with Crippen LogP contribution in [0, 0.1) is 6.92 Å². The molecular formula is C16H23N5O3. The molecule has 0 saturated carbocycles. The van der Waals surface area contributed by atoms with Crippen molar-refractivity contribution in [3.05, 3.63) is 11.8 Å². The number of carbonyl (C=O) groups excluding carboxylic acids is 2. The summed E-state index contributed by atoms with van der Waals surface area (Å²) >= 11 is 0. The zero-order valence-corrected chi connectivity index (χ0v) is 14.1. The summed E-state index contributed by atoms with van der Waals surface area (Å²) in [6.45, 7) is 6.94. The third-order valence-corrected chi connectivity index (χ3v) is 4.28. The molecule has 2 amide bonds. The second-order valence-corrected chi connectivity index (χ2v) is 6.05. The largest absolute Gasteiger partial charge is 0.478 e. The molecule has 0 bridgehead atoms. The maximum Gasteiger partial charge on any atom is 0.245 e. The number of hydrogen-bond acceptors (Lipinski definition) is 6. The van der Waals surface area contributed by atoms with Crippen LogP contribution in [0.1, 0.15) is 25.5 Å². The maximum absolute atomic E-state index is 12.4. The lowest BCUT2D eigenvalue weighted by Gasteiger charge is -2.36. The number of piperazine rings is 1. The fourth-order valence-corrected chi connectivity index (χ4v) is 3.03. The van der Waals surface area contributed by atoms with Gasteiger partial charge in [-0.05, 0) is 20.3 Å². The van der Waals surface area contributed by atoms with Crippen LogP contribution in [0.4, 0.5) is 5.95 Å². The van der Waals surface area contributed by atoms with Crippen LogP contribution in [0.2, 0.25) is 0 Å². The van der Waals surface area contributed by atoms with Gasteiger partial charge in [-0.25, -0.2) is 4.98 Å². The molecule has 0 radical (unpaired) electrons. The molecule has 3 heterocycles. The maximum atomic E-state index is 12.4. The van der Waals surface area contributed by atoms with Crippen molar-refractivity contribution in [2.24, 2.45) is 0 Å². The lowest BCUT2D eigenvalue weighted by atomic mass is 10.2. The Hall–Kier alpha value is -2.38. The number of hydrogen-bond donors (Lipinski definition) is 1. The first kappa shape index (κ1) is 16.5. The van der Waals surface area contributed by atoms with Gasteiger partial charge in [-0.2, -0.15) is 4.98 Å². The van der Waals surface area contributed by atoms with Crippen LogP contribution in [0.3, 0.4) is 0 Å². The Morgan fingerprint density at radius 2 is 2.08 bits per heavy atom. The van der Waals surface area contributed by atoms with E-state index in [1.54, 1.807) is 0 Å². The monoisotopic (exact) mass is 333 g/mol. The van der Waals surface area contributed by atoms with Crippen LogP contribution in [0.25, 0.3) is 0 Å². The van der Waals surface area contributed by atoms with Crippen LogP contribution in [0.5, 0.6) is 5.88 Å². The second-order valence-electron chi connectivity index (χ2n) is 6.05. The summed E-state index contributed by atoms with van der Waals surface area (Å²) in [5.41, 5.74) is 0.857. The van der Waals surface area contributed by atoms with E-state index in [-0.39, 0.29) is 17.9 Å². The average Bonchev–Trinajstić information content (AvgIpc) is 3.00. The highest BCUT2D eigenvalue weighted by molar-refractivity contribution is 5.90. The lowest BCUT2D eigenvalue weighted by Crippen LogP contribution is -2.53. The van der Waals surface area contributed by atoms with E-state index in [1.807, 2.05) is 24.8 Å². The van der Waals surface area contributed by atoms with E-state index >= 15 is 0 Å². The van der Waals surface area contributed by atoms with E-state index < -0.39 is 0 Å². The van der Waals surface area contributed by atoms with Crippen LogP contribution in [-0.2, 0) is 9.59 Å². The zero-order chi connectivity index (χ0) is 17.1. The molecule has 130 valence electrons. The van der Waals surface area contributed by atoms with Crippen molar-refractivity contribution in [1.29, 1.82) is 0 Å². The van der Waals surface area contributed by atoms with Crippen LogP contribution in [-0.4, -0.2) is 65.5 Å². The highest BCUT2D eigenvalue weighted by atomic mass is 16.5. The standard InChI is InChI=1S/C16H23N5O3/c1-3-24-14-10-11(2)17-16(19-14)21-8-6-20(7-9-21)15(23)12-4-5-13(22)18-12/h10,12H,3-9H2,1-2H3,(H,18,22)/t12-/m0/s1. The molecule has 8 heteroatoms. The van der Waals surface area contributed by atoms with Gasteiger partial charge in [-0.1, -0.05) is 0 Å². The van der Waals surface area contributed by atoms with Gasteiger partial charge < -0.3 is 19.9 Å². The minimum atomic E-state index is -0.358. The van der Waals surface area contributed by atoms with Crippen molar-refractivity contribution >= 4 is 17.8 Å². The van der Waals surface area contributed by atoms with Crippen LogP contribution < -0.4 is 15.0 Å². The summed E-state index contributed by atoms with van der Waals surface area (Å²) in [5, 5.41) is 2.74. The number of nitrogens with one attached hydrogen (secondary N) is 1. The number of nitrogens with zero attached hydrogens (tertiary/aromatic N) is 4. The summed E-state index contributed by atoms with van der Waals surface area (Å²) in [4.78, 5) is 36.5. The van der Waals surface area contributed by atoms with E-state index in [0.717, 1.165) is 5.69 Å². The summed E-state index contributed by atoms with van der Waals surface area (Å²) in [7, 11) is 0. The van der Waals surface area contributed by atoms with Crippen molar-refractivity contribution in [3.63, 3.8) is 0 Å². The van der Waals surface area contributed by atoms with Crippen molar-refractivity contribution in [2.75, 3.05) is 37.7 Å². The van der Waals surface area contributed by atoms with Gasteiger partial charge in [-0.15, -0.1) is 0 Å². The minimum Gasteiger partial charge on any atom is -0.478 e. The smallest absolute Gasteiger partial charge is 0.245 e. The van der Waals surface area contributed by atoms with Crippen LogP contribution >= 0.6 is 0 Å². The Bertz CT molecular complexity index is 628. The molecule has 2 saturated heterocycles. The van der Waals surface area contributed by atoms with Crippen molar-refractivity contribution in [3.8, 4) is 5.88 Å². The first-order chi connectivity index (χ1) is 11.6. The number of aromatic nitrogens is 2. The number of anilines is 1. The first-order valence-electron chi connectivity index (χ1n) is 8.38. The Morgan fingerprint density at radius 1 is 1.33 bits per heavy atom. The van der Waals surface area contributed by atoms with Gasteiger partial charge >= 0.3 is 0 Å². The quantitative estimate of drug-likeness (QED) is 0.841. The molecule has 0 aliphatic carbocycles. The molecule has 1 aromatic rings. The number of ether oxygens (including phenoxy) is 1. The van der Waals surface area contributed by atoms with Gasteiger partial charge in [-0.3, -0.25) is 9.59 Å². The van der Waals surface area contributed by atoms with Gasteiger partial charge in [0.15, 0.2) is 0 Å². The molecule has 0 spiro atoms. The topological polar surface area (TPSA) is 87.7 Å². The molecule has 3 rings (SSSR count). The molecule has 0 unspecified atom stereocenters. The molecular weight excluding hydrogens is 310 g/mol. The van der Waals surface area contributed by atoms with Gasteiger partial charge in [0.2, 0.25) is 23.6 Å². The SMILES string of the molecule is CCOc1cc(C)nc(N2CCN(C(=O)[C@@H]3CCC(=O)N3)CC2)n1. The molecule has 0 aromatic carbocycles. The minimum absolute atomic E-state index is 0.0145. The number of amides is 2. The predicted octanol–water partition coefficient (Wildman–Crippen LogP) is 0.111. The Balaban J connectivity index is 1.60. The van der Waals surface area contributed by atoms with Gasteiger partial charge in [0.25, 0.3) is 0 Å². The van der Waals surface area contributed by atoms with E-state index in [1.165, 1.54) is 0 Å². The molecule has 1 atom stereocenters. The fraction of sp³-hybridized carbons (Fsp3) is 0.625. The molecule has 1 N–H and O–H groups in total. The van der Waals surface area contributed by atoms with E-state index in [4.69, 9.17) is 4.74 Å². The Morgan fingerprint density at radius 3 is 2.71 bits per heavy atom. The second kappa shape index (κ2) is 7.02. The van der Waals surface area contributed by atoms with E-state index in [9.17, 15) is 9.59 Å². The summed E-state index contributed by atoms with van der Waals surface area (Å²) in [6, 6.07) is 1.46. The summed E-state index contributed by atoms with van der Waals surface area (Å²) in [5.74, 6) is 1.19. The van der Waals surface area contributed by atoms with Crippen molar-refractivity contribution < 1.29 is 14.3 Å². The molecule has 24 heavy (non-hydrogen) atoms. The van der Waals surface area contributed by atoms with Crippen molar-refractivity contribution in [2.45, 2.75) is 32.7 Å². The highest BCUT2D eigenvalue weighted by Gasteiger charge is 2.32. The van der Waals surface area contributed by atoms with E-state index in [2.05, 4.69) is 20.2 Å². The molecule has 2 fully saturated rings. The Kier molecular flexibility index (Phi) is 4.82. The van der Waals surface area contributed by atoms with Gasteiger partial charge in [0, 0.05) is 44.4 Å².